The Hall–Kier alpha value is -0.870. The first-order valence-electron chi connectivity index (χ1n) is 6.15. The van der Waals surface area contributed by atoms with E-state index in [1.807, 2.05) is 13.4 Å². The van der Waals surface area contributed by atoms with Gasteiger partial charge >= 0.3 is 0 Å². The summed E-state index contributed by atoms with van der Waals surface area (Å²) in [5.74, 6) is 0. The first kappa shape index (κ1) is 11.6. The Morgan fingerprint density at radius 1 is 1.62 bits per heavy atom. The Balaban J connectivity index is 1.67. The average Bonchev–Trinajstić information content (AvgIpc) is 2.90. The molecule has 1 aromatic rings. The first-order chi connectivity index (χ1) is 7.88. The quantitative estimate of drug-likeness (QED) is 0.795. The number of hydrogen-bond acceptors (Lipinski definition) is 3. The Morgan fingerprint density at radius 2 is 2.56 bits per heavy atom. The van der Waals surface area contributed by atoms with Crippen molar-refractivity contribution in [3.05, 3.63) is 18.2 Å². The van der Waals surface area contributed by atoms with Crippen LogP contribution in [-0.4, -0.2) is 29.3 Å². The number of aryl methyl sites for hydroxylation is 1. The van der Waals surface area contributed by atoms with Crippen LogP contribution in [0.3, 0.4) is 0 Å². The van der Waals surface area contributed by atoms with Crippen LogP contribution in [0.25, 0.3) is 0 Å². The van der Waals surface area contributed by atoms with Gasteiger partial charge < -0.3 is 14.6 Å². The number of imidazole rings is 1. The lowest BCUT2D eigenvalue weighted by molar-refractivity contribution is 0.101. The highest BCUT2D eigenvalue weighted by Gasteiger charge is 2.14. The van der Waals surface area contributed by atoms with E-state index in [9.17, 15) is 0 Å². The summed E-state index contributed by atoms with van der Waals surface area (Å²) >= 11 is 0. The number of aromatic nitrogens is 2. The van der Waals surface area contributed by atoms with Crippen molar-refractivity contribution in [2.75, 3.05) is 13.7 Å². The Bertz CT molecular complexity index is 305. The van der Waals surface area contributed by atoms with Crippen molar-refractivity contribution < 1.29 is 4.74 Å². The van der Waals surface area contributed by atoms with Crippen LogP contribution >= 0.6 is 0 Å². The topological polar surface area (TPSA) is 39.1 Å². The summed E-state index contributed by atoms with van der Waals surface area (Å²) in [5.41, 5.74) is 1.11. The number of ether oxygens (including phenoxy) is 1. The summed E-state index contributed by atoms with van der Waals surface area (Å²) in [7, 11) is 1.94. The minimum atomic E-state index is 0.514. The fourth-order valence-corrected chi connectivity index (χ4v) is 2.17. The fraction of sp³-hybridized carbons (Fsp3) is 0.750. The molecular weight excluding hydrogens is 202 g/mol. The maximum absolute atomic E-state index is 5.60. The average molecular weight is 223 g/mol. The van der Waals surface area contributed by atoms with E-state index in [1.165, 1.54) is 25.7 Å². The standard InChI is InChI=1S/C12H21N3O/c1-13-8-11-9-15(10-14-11)6-2-4-12-5-3-7-16-12/h9-10,12-13H,2-8H2,1H3. The summed E-state index contributed by atoms with van der Waals surface area (Å²) in [6.07, 6.45) is 9.39. The van der Waals surface area contributed by atoms with Crippen molar-refractivity contribution in [2.24, 2.45) is 0 Å². The van der Waals surface area contributed by atoms with Crippen molar-refractivity contribution in [1.82, 2.24) is 14.9 Å². The predicted octanol–water partition coefficient (Wildman–Crippen LogP) is 1.56. The van der Waals surface area contributed by atoms with Gasteiger partial charge in [-0.2, -0.15) is 0 Å². The van der Waals surface area contributed by atoms with Crippen LogP contribution in [0.15, 0.2) is 12.5 Å². The van der Waals surface area contributed by atoms with Gasteiger partial charge in [0.05, 0.1) is 18.1 Å². The molecule has 1 N–H and O–H groups in total. The second-order valence-electron chi connectivity index (χ2n) is 4.41. The molecule has 4 nitrogen and oxygen atoms in total. The highest BCUT2D eigenvalue weighted by molar-refractivity contribution is 4.95. The molecule has 0 radical (unpaired) electrons. The third-order valence-electron chi connectivity index (χ3n) is 3.01. The summed E-state index contributed by atoms with van der Waals surface area (Å²) in [6.45, 7) is 2.86. The fourth-order valence-electron chi connectivity index (χ4n) is 2.17. The van der Waals surface area contributed by atoms with Crippen LogP contribution in [0.1, 0.15) is 31.4 Å². The van der Waals surface area contributed by atoms with Gasteiger partial charge in [-0.05, 0) is 32.7 Å². The Kier molecular flexibility index (Phi) is 4.36. The zero-order valence-corrected chi connectivity index (χ0v) is 9.98. The first-order valence-corrected chi connectivity index (χ1v) is 6.15. The zero-order valence-electron chi connectivity index (χ0n) is 9.98. The van der Waals surface area contributed by atoms with Gasteiger partial charge in [0, 0.05) is 25.9 Å². The Labute approximate surface area is 97.0 Å². The monoisotopic (exact) mass is 223 g/mol. The summed E-state index contributed by atoms with van der Waals surface area (Å²) in [4.78, 5) is 4.33. The van der Waals surface area contributed by atoms with Crippen LogP contribution in [0.5, 0.6) is 0 Å². The van der Waals surface area contributed by atoms with Crippen LogP contribution in [0.2, 0.25) is 0 Å². The van der Waals surface area contributed by atoms with Crippen LogP contribution in [0.4, 0.5) is 0 Å². The molecule has 0 aliphatic carbocycles. The van der Waals surface area contributed by atoms with Gasteiger partial charge in [0.1, 0.15) is 0 Å². The molecule has 4 heteroatoms. The van der Waals surface area contributed by atoms with Crippen LogP contribution in [-0.2, 0) is 17.8 Å². The molecule has 0 amide bonds. The van der Waals surface area contributed by atoms with E-state index in [4.69, 9.17) is 4.74 Å². The lowest BCUT2D eigenvalue weighted by atomic mass is 10.1. The minimum absolute atomic E-state index is 0.514. The second kappa shape index (κ2) is 6.01. The number of rotatable bonds is 6. The number of nitrogens with one attached hydrogen (secondary N) is 1. The van der Waals surface area contributed by atoms with Crippen molar-refractivity contribution in [3.63, 3.8) is 0 Å². The molecule has 1 saturated heterocycles. The van der Waals surface area contributed by atoms with E-state index in [0.717, 1.165) is 25.4 Å². The van der Waals surface area contributed by atoms with Gasteiger partial charge in [-0.15, -0.1) is 0 Å². The van der Waals surface area contributed by atoms with E-state index in [1.54, 1.807) is 0 Å². The molecule has 0 bridgehead atoms. The van der Waals surface area contributed by atoms with Crippen molar-refractivity contribution in [1.29, 1.82) is 0 Å². The summed E-state index contributed by atoms with van der Waals surface area (Å²) < 4.78 is 7.77. The molecule has 1 aromatic heterocycles. The van der Waals surface area contributed by atoms with Gasteiger partial charge in [0.25, 0.3) is 0 Å². The second-order valence-corrected chi connectivity index (χ2v) is 4.41. The largest absolute Gasteiger partial charge is 0.378 e. The molecule has 1 aliphatic heterocycles. The molecule has 1 fully saturated rings. The van der Waals surface area contributed by atoms with Crippen molar-refractivity contribution in [2.45, 2.75) is 44.9 Å². The summed E-state index contributed by atoms with van der Waals surface area (Å²) in [5, 5.41) is 3.10. The van der Waals surface area contributed by atoms with Crippen LogP contribution in [0, 0.1) is 0 Å². The molecule has 1 unspecified atom stereocenters. The lowest BCUT2D eigenvalue weighted by Crippen LogP contribution is -2.07. The normalized spacial score (nSPS) is 20.4. The van der Waals surface area contributed by atoms with E-state index < -0.39 is 0 Å². The smallest absolute Gasteiger partial charge is 0.0949 e. The molecule has 16 heavy (non-hydrogen) atoms. The number of nitrogens with zero attached hydrogens (tertiary/aromatic N) is 2. The van der Waals surface area contributed by atoms with Gasteiger partial charge in [0.2, 0.25) is 0 Å². The van der Waals surface area contributed by atoms with E-state index in [-0.39, 0.29) is 0 Å². The SMILES string of the molecule is CNCc1cn(CCCC2CCCO2)cn1. The molecule has 0 aromatic carbocycles. The maximum Gasteiger partial charge on any atom is 0.0949 e. The van der Waals surface area contributed by atoms with Gasteiger partial charge in [-0.25, -0.2) is 4.98 Å². The van der Waals surface area contributed by atoms with Gasteiger partial charge in [-0.3, -0.25) is 0 Å². The minimum Gasteiger partial charge on any atom is -0.378 e. The van der Waals surface area contributed by atoms with Gasteiger partial charge in [-0.1, -0.05) is 0 Å². The molecular formula is C12H21N3O. The molecule has 1 atom stereocenters. The van der Waals surface area contributed by atoms with E-state index in [2.05, 4.69) is 21.1 Å². The van der Waals surface area contributed by atoms with E-state index in [0.29, 0.717) is 6.10 Å². The van der Waals surface area contributed by atoms with E-state index >= 15 is 0 Å². The molecule has 2 heterocycles. The molecule has 0 spiro atoms. The highest BCUT2D eigenvalue weighted by Crippen LogP contribution is 2.17. The molecule has 1 aliphatic rings. The van der Waals surface area contributed by atoms with Crippen molar-refractivity contribution in [3.8, 4) is 0 Å². The third-order valence-corrected chi connectivity index (χ3v) is 3.01. The highest BCUT2D eigenvalue weighted by atomic mass is 16.5. The van der Waals surface area contributed by atoms with Crippen LogP contribution < -0.4 is 5.32 Å². The molecule has 90 valence electrons. The summed E-state index contributed by atoms with van der Waals surface area (Å²) in [6, 6.07) is 0. The molecule has 2 rings (SSSR count). The Morgan fingerprint density at radius 3 is 3.31 bits per heavy atom. The third kappa shape index (κ3) is 3.32. The van der Waals surface area contributed by atoms with Crippen molar-refractivity contribution >= 4 is 0 Å². The predicted molar refractivity (Wildman–Crippen MR) is 63.2 cm³/mol. The maximum atomic E-state index is 5.60. The van der Waals surface area contributed by atoms with Gasteiger partial charge in [0.15, 0.2) is 0 Å². The lowest BCUT2D eigenvalue weighted by Gasteiger charge is -2.08. The zero-order chi connectivity index (χ0) is 11.2. The molecule has 0 saturated carbocycles. The number of hydrogen-bond donors (Lipinski definition) is 1.